The summed E-state index contributed by atoms with van der Waals surface area (Å²) >= 11 is 0. The summed E-state index contributed by atoms with van der Waals surface area (Å²) in [6.45, 7) is 1.38. The van der Waals surface area contributed by atoms with Gasteiger partial charge < -0.3 is 4.74 Å². The van der Waals surface area contributed by atoms with E-state index in [9.17, 15) is 4.79 Å². The largest absolute Gasteiger partial charge is 0.427 e. The van der Waals surface area contributed by atoms with Gasteiger partial charge in [0, 0.05) is 23.9 Å². The minimum absolute atomic E-state index is 0.323. The third kappa shape index (κ3) is 1.27. The van der Waals surface area contributed by atoms with Gasteiger partial charge in [-0.05, 0) is 24.3 Å². The van der Waals surface area contributed by atoms with Crippen molar-refractivity contribution in [3.63, 3.8) is 0 Å². The molecule has 1 aromatic rings. The molecule has 0 aromatic heterocycles. The fourth-order valence-electron chi connectivity index (χ4n) is 1.80. The number of fused-ring (bicyclic) bond motifs is 2. The standard InChI is InChI=1S/C12H8N2O2/c1-7(15)16-8-2-3-11-10(6-8)9-4-5-13-12(9)14-11/h2-6H,1H3. The molecule has 3 rings (SSSR count). The van der Waals surface area contributed by atoms with Crippen molar-refractivity contribution in [1.82, 2.24) is 0 Å². The van der Waals surface area contributed by atoms with Gasteiger partial charge in [0.1, 0.15) is 5.75 Å². The lowest BCUT2D eigenvalue weighted by atomic mass is 10.2. The van der Waals surface area contributed by atoms with E-state index in [0.29, 0.717) is 5.75 Å². The normalized spacial score (nSPS) is 15.3. The van der Waals surface area contributed by atoms with Crippen LogP contribution in [-0.2, 0) is 4.79 Å². The van der Waals surface area contributed by atoms with E-state index in [4.69, 9.17) is 4.74 Å². The summed E-state index contributed by atoms with van der Waals surface area (Å²) in [4.78, 5) is 19.3. The molecule has 2 aliphatic heterocycles. The molecule has 2 heterocycles. The number of benzene rings is 1. The van der Waals surface area contributed by atoms with Crippen molar-refractivity contribution in [2.24, 2.45) is 9.98 Å². The zero-order valence-electron chi connectivity index (χ0n) is 8.60. The Morgan fingerprint density at radius 1 is 1.38 bits per heavy atom. The van der Waals surface area contributed by atoms with Crippen LogP contribution in [0.15, 0.2) is 40.5 Å². The average molecular weight is 212 g/mol. The van der Waals surface area contributed by atoms with Gasteiger partial charge in [-0.3, -0.25) is 4.79 Å². The van der Waals surface area contributed by atoms with Crippen LogP contribution >= 0.6 is 0 Å². The molecule has 78 valence electrons. The zero-order chi connectivity index (χ0) is 11.1. The van der Waals surface area contributed by atoms with E-state index < -0.39 is 0 Å². The molecule has 0 unspecified atom stereocenters. The molecule has 0 N–H and O–H groups in total. The third-order valence-electron chi connectivity index (χ3n) is 2.43. The van der Waals surface area contributed by atoms with Crippen molar-refractivity contribution < 1.29 is 9.53 Å². The van der Waals surface area contributed by atoms with Crippen molar-refractivity contribution in [1.29, 1.82) is 0 Å². The van der Waals surface area contributed by atoms with Gasteiger partial charge in [0.05, 0.1) is 5.36 Å². The maximum absolute atomic E-state index is 10.9. The molecular formula is C12H8N2O2. The lowest BCUT2D eigenvalue weighted by Crippen LogP contribution is -2.22. The van der Waals surface area contributed by atoms with Gasteiger partial charge in [0.25, 0.3) is 0 Å². The summed E-state index contributed by atoms with van der Waals surface area (Å²) in [6, 6.07) is 5.37. The molecule has 0 amide bonds. The number of carbonyl (C=O) groups is 1. The summed E-state index contributed by atoms with van der Waals surface area (Å²) in [5.41, 5.74) is 0.990. The van der Waals surface area contributed by atoms with Gasteiger partial charge in [0.15, 0.2) is 5.84 Å². The van der Waals surface area contributed by atoms with Crippen LogP contribution in [0, 0.1) is 0 Å². The second kappa shape index (κ2) is 3.13. The van der Waals surface area contributed by atoms with Crippen LogP contribution in [0.1, 0.15) is 6.92 Å². The predicted molar refractivity (Wildman–Crippen MR) is 58.5 cm³/mol. The van der Waals surface area contributed by atoms with Crippen molar-refractivity contribution in [3.05, 3.63) is 41.1 Å². The van der Waals surface area contributed by atoms with E-state index in [0.717, 1.165) is 22.0 Å². The summed E-state index contributed by atoms with van der Waals surface area (Å²) < 4.78 is 5.03. The van der Waals surface area contributed by atoms with Crippen molar-refractivity contribution in [3.8, 4) is 5.75 Å². The van der Waals surface area contributed by atoms with Gasteiger partial charge in [-0.15, -0.1) is 0 Å². The highest BCUT2D eigenvalue weighted by Gasteiger charge is 2.15. The molecule has 0 atom stereocenters. The first-order valence-electron chi connectivity index (χ1n) is 4.90. The first kappa shape index (κ1) is 9.03. The molecule has 0 bridgehead atoms. The quantitative estimate of drug-likeness (QED) is 0.497. The van der Waals surface area contributed by atoms with Crippen molar-refractivity contribution in [2.45, 2.75) is 6.92 Å². The Morgan fingerprint density at radius 3 is 3.06 bits per heavy atom. The number of nitrogens with zero attached hydrogens (tertiary/aromatic N) is 2. The average Bonchev–Trinajstić information content (AvgIpc) is 2.77. The number of amidine groups is 1. The summed E-state index contributed by atoms with van der Waals surface area (Å²) in [5.74, 6) is 0.946. The molecule has 16 heavy (non-hydrogen) atoms. The van der Waals surface area contributed by atoms with Gasteiger partial charge in [-0.25, -0.2) is 9.98 Å². The predicted octanol–water partition coefficient (Wildman–Crippen LogP) is 0.322. The molecule has 0 fully saturated rings. The van der Waals surface area contributed by atoms with Gasteiger partial charge in [-0.2, -0.15) is 0 Å². The Balaban J connectivity index is 2.21. The number of hydrogen-bond acceptors (Lipinski definition) is 4. The summed E-state index contributed by atoms with van der Waals surface area (Å²) in [5, 5.41) is 1.83. The molecule has 0 aliphatic carbocycles. The lowest BCUT2D eigenvalue weighted by Gasteiger charge is -1.99. The van der Waals surface area contributed by atoms with E-state index in [1.165, 1.54) is 6.92 Å². The van der Waals surface area contributed by atoms with Crippen LogP contribution in [0.2, 0.25) is 0 Å². The Bertz CT molecular complexity index is 669. The molecule has 0 saturated carbocycles. The zero-order valence-corrected chi connectivity index (χ0v) is 8.60. The Kier molecular flexibility index (Phi) is 1.77. The molecule has 4 nitrogen and oxygen atoms in total. The van der Waals surface area contributed by atoms with Crippen LogP contribution in [0.5, 0.6) is 5.75 Å². The Morgan fingerprint density at radius 2 is 2.25 bits per heavy atom. The first-order chi connectivity index (χ1) is 7.74. The topological polar surface area (TPSA) is 51.0 Å². The molecular weight excluding hydrogens is 204 g/mol. The fourth-order valence-corrected chi connectivity index (χ4v) is 1.80. The minimum Gasteiger partial charge on any atom is -0.427 e. The molecule has 2 aliphatic rings. The first-order valence-corrected chi connectivity index (χ1v) is 4.90. The maximum Gasteiger partial charge on any atom is 0.308 e. The van der Waals surface area contributed by atoms with Crippen LogP contribution in [-0.4, -0.2) is 11.8 Å². The highest BCUT2D eigenvalue weighted by Crippen LogP contribution is 2.13. The molecule has 0 spiro atoms. The molecule has 0 radical (unpaired) electrons. The Labute approximate surface area is 91.3 Å². The minimum atomic E-state index is -0.323. The highest BCUT2D eigenvalue weighted by molar-refractivity contribution is 6.24. The molecule has 0 saturated heterocycles. The molecule has 1 aromatic carbocycles. The van der Waals surface area contributed by atoms with Gasteiger partial charge >= 0.3 is 5.97 Å². The SMILES string of the molecule is CC(=O)Oc1ccc2c(c1)=C1C=CN=C1N=2. The van der Waals surface area contributed by atoms with E-state index in [-0.39, 0.29) is 5.97 Å². The number of ether oxygens (including phenoxy) is 1. The van der Waals surface area contributed by atoms with E-state index >= 15 is 0 Å². The smallest absolute Gasteiger partial charge is 0.308 e. The monoisotopic (exact) mass is 212 g/mol. The lowest BCUT2D eigenvalue weighted by molar-refractivity contribution is -0.131. The number of aliphatic imine (C=N–C) groups is 1. The van der Waals surface area contributed by atoms with E-state index in [2.05, 4.69) is 9.98 Å². The summed E-state index contributed by atoms with van der Waals surface area (Å²) in [7, 11) is 0. The van der Waals surface area contributed by atoms with Crippen LogP contribution < -0.4 is 15.3 Å². The number of esters is 1. The second-order valence-electron chi connectivity index (χ2n) is 3.57. The van der Waals surface area contributed by atoms with Crippen molar-refractivity contribution in [2.75, 3.05) is 0 Å². The number of rotatable bonds is 1. The van der Waals surface area contributed by atoms with Gasteiger partial charge in [-0.1, -0.05) is 0 Å². The van der Waals surface area contributed by atoms with Gasteiger partial charge in [0.2, 0.25) is 0 Å². The summed E-state index contributed by atoms with van der Waals surface area (Å²) in [6.07, 6.45) is 3.62. The van der Waals surface area contributed by atoms with Crippen LogP contribution in [0.25, 0.3) is 5.57 Å². The van der Waals surface area contributed by atoms with Crippen LogP contribution in [0.4, 0.5) is 0 Å². The van der Waals surface area contributed by atoms with E-state index in [1.807, 2.05) is 18.2 Å². The second-order valence-corrected chi connectivity index (χ2v) is 3.57. The van der Waals surface area contributed by atoms with Crippen LogP contribution in [0.3, 0.4) is 0 Å². The fraction of sp³-hybridized carbons (Fsp3) is 0.0833. The van der Waals surface area contributed by atoms with Crippen molar-refractivity contribution >= 4 is 17.4 Å². The number of carbonyl (C=O) groups excluding carboxylic acids is 1. The Hall–Kier alpha value is -2.23. The highest BCUT2D eigenvalue weighted by atomic mass is 16.5. The maximum atomic E-state index is 10.9. The molecule has 4 heteroatoms. The van der Waals surface area contributed by atoms with E-state index in [1.54, 1.807) is 12.3 Å². The third-order valence-corrected chi connectivity index (χ3v) is 2.43. The number of hydrogen-bond donors (Lipinski definition) is 0.